The number of aromatic nitrogens is 2. The number of halogens is 2. The third-order valence-corrected chi connectivity index (χ3v) is 10.0. The average molecular weight is 521 g/mol. The normalized spacial score (nSPS) is 32.0. The van der Waals surface area contributed by atoms with Crippen LogP contribution in [0.1, 0.15) is 85.5 Å². The molecule has 2 saturated carbocycles. The number of rotatable bonds is 3. The van der Waals surface area contributed by atoms with Gasteiger partial charge in [0.2, 0.25) is 0 Å². The largest absolute Gasteiger partial charge is 0.508 e. The van der Waals surface area contributed by atoms with E-state index in [-0.39, 0.29) is 36.3 Å². The molecule has 1 aliphatic heterocycles. The quantitative estimate of drug-likeness (QED) is 0.595. The Hall–Kier alpha value is -1.27. The first-order chi connectivity index (χ1) is 16.0. The van der Waals surface area contributed by atoms with E-state index in [1.54, 1.807) is 0 Å². The van der Waals surface area contributed by atoms with E-state index in [0.29, 0.717) is 18.2 Å². The molecule has 1 aromatic carbocycles. The maximum Gasteiger partial charge on any atom is 0.115 e. The minimum atomic E-state index is -0.806. The standard InChI is InChI=1S/C28H37N3O2.2ClH/c1-18-23-15-28(33)26-13-20-9-10-22(32)14-24(20)27(28,11-12-30(26)17-19-7-8-19)16-25(23)31(29-18)21-5-3-2-4-6-21;;/h9-10,14,19,21,26,32-33H,2-8,11-13,15-17H2,1H3;2*1H/t26-,27-,28-;;/m1../s1. The molecule has 2 heterocycles. The van der Waals surface area contributed by atoms with Gasteiger partial charge in [0.05, 0.1) is 17.3 Å². The van der Waals surface area contributed by atoms with Crippen LogP contribution < -0.4 is 0 Å². The fourth-order valence-electron chi connectivity index (χ4n) is 8.09. The van der Waals surface area contributed by atoms with Crippen LogP contribution in [-0.4, -0.2) is 49.6 Å². The number of hydrogen-bond donors (Lipinski definition) is 2. The summed E-state index contributed by atoms with van der Waals surface area (Å²) in [5.74, 6) is 1.14. The summed E-state index contributed by atoms with van der Waals surface area (Å²) in [6.45, 7) is 4.33. The average Bonchev–Trinajstić information content (AvgIpc) is 3.58. The molecule has 7 heteroatoms. The minimum Gasteiger partial charge on any atom is -0.508 e. The number of piperidine rings is 1. The maximum atomic E-state index is 12.7. The Morgan fingerprint density at radius 1 is 1.06 bits per heavy atom. The van der Waals surface area contributed by atoms with Gasteiger partial charge in [-0.2, -0.15) is 5.10 Å². The molecule has 2 aromatic rings. The van der Waals surface area contributed by atoms with Crippen LogP contribution in [0.15, 0.2) is 18.2 Å². The van der Waals surface area contributed by atoms with Crippen molar-refractivity contribution in [3.63, 3.8) is 0 Å². The number of phenols is 1. The lowest BCUT2D eigenvalue weighted by Gasteiger charge is -2.63. The highest BCUT2D eigenvalue weighted by molar-refractivity contribution is 5.85. The molecule has 4 aliphatic carbocycles. The zero-order valence-corrected chi connectivity index (χ0v) is 22.3. The second kappa shape index (κ2) is 8.93. The second-order valence-corrected chi connectivity index (χ2v) is 11.9. The molecule has 0 spiro atoms. The van der Waals surface area contributed by atoms with Crippen molar-refractivity contribution in [2.45, 2.75) is 101 Å². The number of benzene rings is 1. The molecule has 0 amide bonds. The van der Waals surface area contributed by atoms with Crippen LogP contribution >= 0.6 is 24.8 Å². The van der Waals surface area contributed by atoms with Crippen molar-refractivity contribution in [2.75, 3.05) is 13.1 Å². The Kier molecular flexibility index (Phi) is 6.48. The predicted octanol–water partition coefficient (Wildman–Crippen LogP) is 5.05. The van der Waals surface area contributed by atoms with Crippen LogP contribution in [0.5, 0.6) is 5.75 Å². The molecule has 5 aliphatic rings. The molecule has 0 unspecified atom stereocenters. The molecular weight excluding hydrogens is 481 g/mol. The molecule has 0 radical (unpaired) electrons. The molecule has 192 valence electrons. The van der Waals surface area contributed by atoms with Crippen molar-refractivity contribution in [1.29, 1.82) is 0 Å². The fraction of sp³-hybridized carbons (Fsp3) is 0.679. The van der Waals surface area contributed by atoms with E-state index in [1.807, 2.05) is 12.1 Å². The monoisotopic (exact) mass is 519 g/mol. The highest BCUT2D eigenvalue weighted by Gasteiger charge is 2.65. The number of fused-ring (bicyclic) bond motifs is 2. The van der Waals surface area contributed by atoms with Gasteiger partial charge in [-0.1, -0.05) is 25.3 Å². The summed E-state index contributed by atoms with van der Waals surface area (Å²) in [6, 6.07) is 6.59. The minimum absolute atomic E-state index is 0. The molecular formula is C28H39Cl2N3O2. The molecule has 35 heavy (non-hydrogen) atoms. The zero-order chi connectivity index (χ0) is 22.4. The van der Waals surface area contributed by atoms with E-state index in [2.05, 4.69) is 22.6 Å². The summed E-state index contributed by atoms with van der Waals surface area (Å²) in [7, 11) is 0. The SMILES string of the molecule is Cc1nn(C2CCCCC2)c2c1C[C@@]1(O)[C@H]3Cc4ccc(O)cc4[C@@]1(CCN3CC1CC1)C2.Cl.Cl. The second-order valence-electron chi connectivity index (χ2n) is 11.9. The molecule has 2 bridgehead atoms. The smallest absolute Gasteiger partial charge is 0.115 e. The van der Waals surface area contributed by atoms with Gasteiger partial charge in [0.25, 0.3) is 0 Å². The van der Waals surface area contributed by atoms with E-state index >= 15 is 0 Å². The number of likely N-dealkylation sites (tertiary alicyclic amines) is 1. The van der Waals surface area contributed by atoms with Crippen molar-refractivity contribution >= 4 is 24.8 Å². The summed E-state index contributed by atoms with van der Waals surface area (Å²) >= 11 is 0. The Morgan fingerprint density at radius 2 is 1.83 bits per heavy atom. The summed E-state index contributed by atoms with van der Waals surface area (Å²) in [6.07, 6.45) is 12.4. The van der Waals surface area contributed by atoms with Gasteiger partial charge in [0.1, 0.15) is 5.75 Å². The van der Waals surface area contributed by atoms with Crippen molar-refractivity contribution < 1.29 is 10.2 Å². The number of phenolic OH excluding ortho intramolecular Hbond substituents is 1. The topological polar surface area (TPSA) is 61.5 Å². The van der Waals surface area contributed by atoms with E-state index in [0.717, 1.165) is 44.0 Å². The third-order valence-electron chi connectivity index (χ3n) is 10.0. The van der Waals surface area contributed by atoms with E-state index in [4.69, 9.17) is 5.10 Å². The Labute approximate surface area is 221 Å². The van der Waals surface area contributed by atoms with Crippen LogP contribution in [0.3, 0.4) is 0 Å². The molecule has 1 aromatic heterocycles. The molecule has 2 N–H and O–H groups in total. The van der Waals surface area contributed by atoms with Crippen LogP contribution in [-0.2, 0) is 24.7 Å². The van der Waals surface area contributed by atoms with Crippen LogP contribution in [0.25, 0.3) is 0 Å². The van der Waals surface area contributed by atoms with Gasteiger partial charge in [0, 0.05) is 36.5 Å². The highest BCUT2D eigenvalue weighted by atomic mass is 35.5. The lowest BCUT2D eigenvalue weighted by molar-refractivity contribution is -0.152. The summed E-state index contributed by atoms with van der Waals surface area (Å²) in [5.41, 5.74) is 5.18. The maximum absolute atomic E-state index is 12.7. The van der Waals surface area contributed by atoms with Crippen molar-refractivity contribution in [3.05, 3.63) is 46.3 Å². The van der Waals surface area contributed by atoms with E-state index in [9.17, 15) is 10.2 Å². The number of nitrogens with zero attached hydrogens (tertiary/aromatic N) is 3. The first kappa shape index (κ1) is 25.4. The van der Waals surface area contributed by atoms with E-state index in [1.165, 1.54) is 67.3 Å². The van der Waals surface area contributed by atoms with Gasteiger partial charge in [-0.05, 0) is 86.7 Å². The number of hydrogen-bond acceptors (Lipinski definition) is 4. The van der Waals surface area contributed by atoms with Gasteiger partial charge in [-0.3, -0.25) is 9.58 Å². The van der Waals surface area contributed by atoms with Crippen LogP contribution in [0.2, 0.25) is 0 Å². The number of aromatic hydroxyl groups is 1. The molecule has 1 saturated heterocycles. The van der Waals surface area contributed by atoms with Crippen molar-refractivity contribution in [2.24, 2.45) is 5.92 Å². The van der Waals surface area contributed by atoms with Gasteiger partial charge in [-0.25, -0.2) is 0 Å². The summed E-state index contributed by atoms with van der Waals surface area (Å²) in [5, 5.41) is 28.3. The van der Waals surface area contributed by atoms with Crippen molar-refractivity contribution in [3.8, 4) is 5.75 Å². The van der Waals surface area contributed by atoms with Gasteiger partial charge < -0.3 is 10.2 Å². The summed E-state index contributed by atoms with van der Waals surface area (Å²) < 4.78 is 2.38. The first-order valence-electron chi connectivity index (χ1n) is 13.3. The van der Waals surface area contributed by atoms with E-state index < -0.39 is 5.60 Å². The Morgan fingerprint density at radius 3 is 2.57 bits per heavy atom. The van der Waals surface area contributed by atoms with Crippen molar-refractivity contribution in [1.82, 2.24) is 14.7 Å². The lowest BCUT2D eigenvalue weighted by atomic mass is 9.49. The third kappa shape index (κ3) is 3.67. The van der Waals surface area contributed by atoms with Gasteiger partial charge in [0.15, 0.2) is 0 Å². The van der Waals surface area contributed by atoms with Gasteiger partial charge in [-0.15, -0.1) is 24.8 Å². The molecule has 3 fully saturated rings. The predicted molar refractivity (Wildman–Crippen MR) is 142 cm³/mol. The summed E-state index contributed by atoms with van der Waals surface area (Å²) in [4.78, 5) is 2.62. The van der Waals surface area contributed by atoms with Gasteiger partial charge >= 0.3 is 0 Å². The fourth-order valence-corrected chi connectivity index (χ4v) is 8.09. The first-order valence-corrected chi connectivity index (χ1v) is 13.3. The Bertz CT molecular complexity index is 1110. The highest BCUT2D eigenvalue weighted by Crippen LogP contribution is 2.58. The molecule has 3 atom stereocenters. The molecule has 5 nitrogen and oxygen atoms in total. The number of aryl methyl sites for hydroxylation is 1. The van der Waals surface area contributed by atoms with Crippen LogP contribution in [0, 0.1) is 12.8 Å². The Balaban J connectivity index is 0.00000127. The zero-order valence-electron chi connectivity index (χ0n) is 20.7. The van der Waals surface area contributed by atoms with Crippen LogP contribution in [0.4, 0.5) is 0 Å². The lowest BCUT2D eigenvalue weighted by Crippen LogP contribution is -2.74. The molecule has 7 rings (SSSR count). The number of aliphatic hydroxyl groups is 1.